The van der Waals surface area contributed by atoms with E-state index in [9.17, 15) is 0 Å². The van der Waals surface area contributed by atoms with Crippen molar-refractivity contribution in [2.75, 3.05) is 26.7 Å². The lowest BCUT2D eigenvalue weighted by Crippen LogP contribution is -2.56. The van der Waals surface area contributed by atoms with Gasteiger partial charge in [-0.25, -0.2) is 0 Å². The van der Waals surface area contributed by atoms with Gasteiger partial charge in [0.25, 0.3) is 0 Å². The van der Waals surface area contributed by atoms with Crippen LogP contribution >= 0.6 is 24.0 Å². The molecule has 0 saturated carbocycles. The summed E-state index contributed by atoms with van der Waals surface area (Å²) in [5.74, 6) is 1.74. The highest BCUT2D eigenvalue weighted by Gasteiger charge is 2.36. The number of fused-ring (bicyclic) bond motifs is 1. The van der Waals surface area contributed by atoms with Crippen LogP contribution in [0.3, 0.4) is 0 Å². The van der Waals surface area contributed by atoms with Gasteiger partial charge in [-0.2, -0.15) is 0 Å². The van der Waals surface area contributed by atoms with Gasteiger partial charge in [0, 0.05) is 51.2 Å². The Balaban J connectivity index is 0.00000256. The summed E-state index contributed by atoms with van der Waals surface area (Å²) in [5.41, 5.74) is 3.68. The summed E-state index contributed by atoms with van der Waals surface area (Å²) in [6.45, 7) is 7.26. The normalized spacial score (nSPS) is 22.2. The minimum absolute atomic E-state index is 0. The summed E-state index contributed by atoms with van der Waals surface area (Å²) in [7, 11) is 1.89. The number of guanidine groups is 1. The molecule has 1 aromatic heterocycles. The average molecular weight is 519 g/mol. The van der Waals surface area contributed by atoms with Crippen LogP contribution in [0.15, 0.2) is 53.7 Å². The molecule has 0 spiro atoms. The first kappa shape index (κ1) is 23.0. The maximum Gasteiger partial charge on any atom is 0.193 e. The molecule has 6 heteroatoms. The predicted octanol–water partition coefficient (Wildman–Crippen LogP) is 4.07. The second kappa shape index (κ2) is 11.1. The van der Waals surface area contributed by atoms with Crippen LogP contribution in [-0.4, -0.2) is 53.5 Å². The molecule has 2 fully saturated rings. The predicted molar refractivity (Wildman–Crippen MR) is 134 cm³/mol. The quantitative estimate of drug-likeness (QED) is 0.376. The molecule has 0 aliphatic carbocycles. The monoisotopic (exact) mass is 519 g/mol. The van der Waals surface area contributed by atoms with E-state index in [-0.39, 0.29) is 24.0 Å². The SMILES string of the molecule is CN=C(NCc1ccc(C)nc1)N1CCC2C(CCCN2Cc2ccccc2)C1.I. The Labute approximate surface area is 198 Å². The number of likely N-dealkylation sites (tertiary alicyclic amines) is 2. The molecule has 0 bridgehead atoms. The smallest absolute Gasteiger partial charge is 0.193 e. The number of nitrogens with one attached hydrogen (secondary N) is 1. The fraction of sp³-hybridized carbons (Fsp3) is 0.500. The Kier molecular flexibility index (Phi) is 8.50. The van der Waals surface area contributed by atoms with Crippen molar-refractivity contribution >= 4 is 29.9 Å². The Bertz CT molecular complexity index is 808. The van der Waals surface area contributed by atoms with E-state index in [1.165, 1.54) is 36.9 Å². The van der Waals surface area contributed by atoms with E-state index < -0.39 is 0 Å². The van der Waals surface area contributed by atoms with Crippen molar-refractivity contribution in [1.29, 1.82) is 0 Å². The lowest BCUT2D eigenvalue weighted by atomic mass is 9.83. The number of rotatable bonds is 4. The van der Waals surface area contributed by atoms with Crippen LogP contribution in [0.1, 0.15) is 36.1 Å². The van der Waals surface area contributed by atoms with Gasteiger partial charge in [-0.15, -0.1) is 24.0 Å². The molecule has 2 unspecified atom stereocenters. The van der Waals surface area contributed by atoms with E-state index >= 15 is 0 Å². The molecule has 162 valence electrons. The Morgan fingerprint density at radius 1 is 1.10 bits per heavy atom. The first-order chi connectivity index (χ1) is 14.2. The van der Waals surface area contributed by atoms with Gasteiger partial charge in [-0.3, -0.25) is 14.9 Å². The number of hydrogen-bond acceptors (Lipinski definition) is 3. The van der Waals surface area contributed by atoms with E-state index in [0.717, 1.165) is 43.8 Å². The number of halogens is 1. The third kappa shape index (κ3) is 5.72. The maximum atomic E-state index is 4.57. The van der Waals surface area contributed by atoms with E-state index in [4.69, 9.17) is 0 Å². The first-order valence-electron chi connectivity index (χ1n) is 10.9. The van der Waals surface area contributed by atoms with Crippen molar-refractivity contribution in [3.05, 3.63) is 65.5 Å². The van der Waals surface area contributed by atoms with Crippen molar-refractivity contribution in [3.63, 3.8) is 0 Å². The van der Waals surface area contributed by atoms with Crippen LogP contribution < -0.4 is 5.32 Å². The van der Waals surface area contributed by atoms with Gasteiger partial charge in [0.15, 0.2) is 5.96 Å². The molecular weight excluding hydrogens is 485 g/mol. The zero-order valence-electron chi connectivity index (χ0n) is 18.1. The molecule has 2 aliphatic rings. The first-order valence-corrected chi connectivity index (χ1v) is 10.9. The molecule has 5 nitrogen and oxygen atoms in total. The van der Waals surface area contributed by atoms with Crippen molar-refractivity contribution in [2.24, 2.45) is 10.9 Å². The van der Waals surface area contributed by atoms with E-state index in [2.05, 4.69) is 67.6 Å². The number of pyridine rings is 1. The number of aromatic nitrogens is 1. The second-order valence-electron chi connectivity index (χ2n) is 8.37. The highest BCUT2D eigenvalue weighted by Crippen LogP contribution is 2.31. The van der Waals surface area contributed by atoms with Gasteiger partial charge in [0.1, 0.15) is 0 Å². The number of hydrogen-bond donors (Lipinski definition) is 1. The van der Waals surface area contributed by atoms with Crippen LogP contribution in [0.25, 0.3) is 0 Å². The summed E-state index contributed by atoms with van der Waals surface area (Å²) in [5, 5.41) is 3.54. The Morgan fingerprint density at radius 3 is 2.67 bits per heavy atom. The lowest BCUT2D eigenvalue weighted by Gasteiger charge is -2.48. The molecule has 2 aromatic rings. The van der Waals surface area contributed by atoms with Gasteiger partial charge in [-0.05, 0) is 55.8 Å². The zero-order valence-corrected chi connectivity index (χ0v) is 20.5. The highest BCUT2D eigenvalue weighted by molar-refractivity contribution is 14.0. The standard InChI is InChI=1S/C24H33N5.HI/c1-19-10-11-21(15-26-19)16-27-24(25-2)29-14-12-23-22(18-29)9-6-13-28(23)17-20-7-4-3-5-8-20;/h3-5,7-8,10-11,15,22-23H,6,9,12-14,16-18H2,1-2H3,(H,25,27);1H. The Hall–Kier alpha value is -1.67. The van der Waals surface area contributed by atoms with Crippen LogP contribution in [0.2, 0.25) is 0 Å². The van der Waals surface area contributed by atoms with Gasteiger partial charge < -0.3 is 10.2 Å². The van der Waals surface area contributed by atoms with Gasteiger partial charge in [-0.1, -0.05) is 36.4 Å². The molecule has 2 atom stereocenters. The minimum Gasteiger partial charge on any atom is -0.352 e. The molecule has 2 aliphatic heterocycles. The minimum atomic E-state index is 0. The molecule has 0 radical (unpaired) electrons. The molecule has 0 amide bonds. The van der Waals surface area contributed by atoms with Gasteiger partial charge in [0.05, 0.1) is 0 Å². The van der Waals surface area contributed by atoms with Crippen LogP contribution in [0.4, 0.5) is 0 Å². The second-order valence-corrected chi connectivity index (χ2v) is 8.37. The number of benzene rings is 1. The van der Waals surface area contributed by atoms with E-state index in [1.54, 1.807) is 0 Å². The molecule has 1 N–H and O–H groups in total. The summed E-state index contributed by atoms with van der Waals surface area (Å²) < 4.78 is 0. The van der Waals surface area contributed by atoms with Crippen molar-refractivity contribution in [2.45, 2.75) is 45.3 Å². The van der Waals surface area contributed by atoms with Gasteiger partial charge in [0.2, 0.25) is 0 Å². The molecule has 4 rings (SSSR count). The number of piperidine rings is 2. The summed E-state index contributed by atoms with van der Waals surface area (Å²) >= 11 is 0. The summed E-state index contributed by atoms with van der Waals surface area (Å²) in [4.78, 5) is 14.1. The molecule has 30 heavy (non-hydrogen) atoms. The summed E-state index contributed by atoms with van der Waals surface area (Å²) in [6, 6.07) is 15.8. The van der Waals surface area contributed by atoms with Crippen LogP contribution in [0.5, 0.6) is 0 Å². The fourth-order valence-corrected chi connectivity index (χ4v) is 4.83. The topological polar surface area (TPSA) is 43.8 Å². The average Bonchev–Trinajstić information content (AvgIpc) is 2.76. The zero-order chi connectivity index (χ0) is 20.1. The van der Waals surface area contributed by atoms with Crippen molar-refractivity contribution < 1.29 is 0 Å². The number of aryl methyl sites for hydroxylation is 1. The number of aliphatic imine (C=N–C) groups is 1. The van der Waals surface area contributed by atoms with Gasteiger partial charge >= 0.3 is 0 Å². The highest BCUT2D eigenvalue weighted by atomic mass is 127. The summed E-state index contributed by atoms with van der Waals surface area (Å²) in [6.07, 6.45) is 5.78. The molecule has 2 saturated heterocycles. The molecule has 1 aromatic carbocycles. The van der Waals surface area contributed by atoms with Crippen LogP contribution in [-0.2, 0) is 13.1 Å². The third-order valence-corrected chi connectivity index (χ3v) is 6.35. The largest absolute Gasteiger partial charge is 0.352 e. The number of nitrogens with zero attached hydrogens (tertiary/aromatic N) is 4. The fourth-order valence-electron chi connectivity index (χ4n) is 4.83. The van der Waals surface area contributed by atoms with Crippen molar-refractivity contribution in [3.8, 4) is 0 Å². The maximum absolute atomic E-state index is 4.57. The van der Waals surface area contributed by atoms with Crippen molar-refractivity contribution in [1.82, 2.24) is 20.1 Å². The third-order valence-electron chi connectivity index (χ3n) is 6.35. The van der Waals surface area contributed by atoms with E-state index in [0.29, 0.717) is 6.04 Å². The van der Waals surface area contributed by atoms with E-state index in [1.807, 2.05) is 20.2 Å². The Morgan fingerprint density at radius 2 is 1.93 bits per heavy atom. The van der Waals surface area contributed by atoms with Crippen LogP contribution in [0, 0.1) is 12.8 Å². The molecular formula is C24H34IN5. The molecule has 3 heterocycles. The lowest BCUT2D eigenvalue weighted by molar-refractivity contribution is 0.0372.